The van der Waals surface area contributed by atoms with E-state index in [2.05, 4.69) is 5.10 Å². The van der Waals surface area contributed by atoms with Crippen LogP contribution in [0.15, 0.2) is 48.0 Å². The maximum atomic E-state index is 13.4. The fourth-order valence-corrected chi connectivity index (χ4v) is 4.33. The summed E-state index contributed by atoms with van der Waals surface area (Å²) in [5.41, 5.74) is -0.573. The molecule has 10 heteroatoms. The number of halogens is 3. The van der Waals surface area contributed by atoms with Crippen LogP contribution in [-0.2, 0) is 17.5 Å². The molecule has 1 saturated heterocycles. The largest absolute Gasteiger partial charge is 0.493 e. The van der Waals surface area contributed by atoms with Crippen LogP contribution in [0.1, 0.15) is 33.8 Å². The second-order valence-electron chi connectivity index (χ2n) is 7.44. The van der Waals surface area contributed by atoms with Crippen LogP contribution in [0, 0.1) is 0 Å². The van der Waals surface area contributed by atoms with Crippen molar-refractivity contribution in [3.8, 4) is 11.4 Å². The SMILES string of the molecule is COc1cn(-c2cccc(C(F)(F)F)c2)nc1C(=O)N(Cc1cccs1)CC1CCCO1. The third-order valence-electron chi connectivity index (χ3n) is 5.20. The average Bonchev–Trinajstić information content (AvgIpc) is 3.54. The van der Waals surface area contributed by atoms with Crippen molar-refractivity contribution in [2.45, 2.75) is 31.7 Å². The van der Waals surface area contributed by atoms with Gasteiger partial charge >= 0.3 is 6.18 Å². The van der Waals surface area contributed by atoms with Gasteiger partial charge in [0.1, 0.15) is 0 Å². The van der Waals surface area contributed by atoms with E-state index in [4.69, 9.17) is 9.47 Å². The summed E-state index contributed by atoms with van der Waals surface area (Å²) in [4.78, 5) is 16.1. The zero-order valence-corrected chi connectivity index (χ0v) is 18.2. The lowest BCUT2D eigenvalue weighted by Crippen LogP contribution is -2.37. The molecule has 0 spiro atoms. The monoisotopic (exact) mass is 465 g/mol. The van der Waals surface area contributed by atoms with Crippen molar-refractivity contribution in [2.24, 2.45) is 0 Å². The van der Waals surface area contributed by atoms with Crippen molar-refractivity contribution >= 4 is 17.2 Å². The first-order valence-corrected chi connectivity index (χ1v) is 11.0. The number of ether oxygens (including phenoxy) is 2. The lowest BCUT2D eigenvalue weighted by Gasteiger charge is -2.24. The number of carbonyl (C=O) groups excluding carboxylic acids is 1. The highest BCUT2D eigenvalue weighted by atomic mass is 32.1. The van der Waals surface area contributed by atoms with Crippen molar-refractivity contribution in [3.05, 3.63) is 64.1 Å². The number of hydrogen-bond acceptors (Lipinski definition) is 5. The van der Waals surface area contributed by atoms with Gasteiger partial charge in [-0.3, -0.25) is 4.79 Å². The third-order valence-corrected chi connectivity index (χ3v) is 6.06. The van der Waals surface area contributed by atoms with Crippen molar-refractivity contribution in [3.63, 3.8) is 0 Å². The van der Waals surface area contributed by atoms with E-state index in [1.807, 2.05) is 17.5 Å². The number of rotatable bonds is 7. The number of benzene rings is 1. The van der Waals surface area contributed by atoms with Crippen LogP contribution in [-0.4, -0.2) is 47.0 Å². The minimum atomic E-state index is -4.48. The van der Waals surface area contributed by atoms with Crippen LogP contribution in [0.25, 0.3) is 5.69 Å². The second-order valence-corrected chi connectivity index (χ2v) is 8.47. The number of thiophene rings is 1. The highest BCUT2D eigenvalue weighted by molar-refractivity contribution is 7.09. The van der Waals surface area contributed by atoms with Gasteiger partial charge in [0.25, 0.3) is 5.91 Å². The Hall–Kier alpha value is -2.85. The molecule has 3 aromatic rings. The fraction of sp³-hybridized carbons (Fsp3) is 0.364. The summed E-state index contributed by atoms with van der Waals surface area (Å²) < 4.78 is 51.6. The lowest BCUT2D eigenvalue weighted by atomic mass is 10.2. The van der Waals surface area contributed by atoms with Crippen LogP contribution >= 0.6 is 11.3 Å². The molecule has 0 bridgehead atoms. The average molecular weight is 465 g/mol. The second kappa shape index (κ2) is 9.33. The number of methoxy groups -OCH3 is 1. The molecule has 1 aromatic carbocycles. The van der Waals surface area contributed by atoms with Crippen LogP contribution in [0.3, 0.4) is 0 Å². The number of nitrogens with zero attached hydrogens (tertiary/aromatic N) is 3. The van der Waals surface area contributed by atoms with E-state index in [0.717, 1.165) is 29.9 Å². The summed E-state index contributed by atoms with van der Waals surface area (Å²) in [6, 6.07) is 8.62. The first kappa shape index (κ1) is 22.3. The Bertz CT molecular complexity index is 1060. The van der Waals surface area contributed by atoms with Gasteiger partial charge in [-0.05, 0) is 42.5 Å². The maximum Gasteiger partial charge on any atom is 0.416 e. The van der Waals surface area contributed by atoms with Gasteiger partial charge in [-0.25, -0.2) is 4.68 Å². The zero-order chi connectivity index (χ0) is 22.7. The van der Waals surface area contributed by atoms with Crippen LogP contribution in [0.2, 0.25) is 0 Å². The van der Waals surface area contributed by atoms with Crippen LogP contribution < -0.4 is 4.74 Å². The van der Waals surface area contributed by atoms with Gasteiger partial charge in [-0.15, -0.1) is 11.3 Å². The molecule has 3 heterocycles. The smallest absolute Gasteiger partial charge is 0.416 e. The standard InChI is InChI=1S/C22H22F3N3O3S/c1-30-19-14-28(16-6-2-5-15(11-16)22(23,24)25)26-20(19)21(29)27(12-17-7-3-9-31-17)13-18-8-4-10-32-18/h2,4-6,8,10-11,14,17H,3,7,9,12-13H2,1H3. The number of hydrogen-bond donors (Lipinski definition) is 0. The van der Waals surface area contributed by atoms with Gasteiger partial charge < -0.3 is 14.4 Å². The van der Waals surface area contributed by atoms with Gasteiger partial charge in [0.2, 0.25) is 0 Å². The first-order valence-electron chi connectivity index (χ1n) is 10.1. The number of carbonyl (C=O) groups is 1. The first-order chi connectivity index (χ1) is 15.3. The Morgan fingerprint density at radius 2 is 2.19 bits per heavy atom. The summed E-state index contributed by atoms with van der Waals surface area (Å²) in [7, 11) is 1.40. The minimum Gasteiger partial charge on any atom is -0.493 e. The Balaban J connectivity index is 1.64. The Morgan fingerprint density at radius 1 is 1.34 bits per heavy atom. The van der Waals surface area contributed by atoms with Crippen molar-refractivity contribution in [1.29, 1.82) is 0 Å². The molecule has 6 nitrogen and oxygen atoms in total. The quantitative estimate of drug-likeness (QED) is 0.504. The van der Waals surface area contributed by atoms with Crippen LogP contribution in [0.4, 0.5) is 13.2 Å². The van der Waals surface area contributed by atoms with Gasteiger partial charge in [0, 0.05) is 18.0 Å². The van der Waals surface area contributed by atoms with Gasteiger partial charge in [-0.2, -0.15) is 18.3 Å². The highest BCUT2D eigenvalue weighted by Crippen LogP contribution is 2.31. The molecule has 1 aliphatic rings. The summed E-state index contributed by atoms with van der Waals surface area (Å²) in [5.74, 6) is -0.174. The Morgan fingerprint density at radius 3 is 2.84 bits per heavy atom. The topological polar surface area (TPSA) is 56.6 Å². The van der Waals surface area contributed by atoms with E-state index in [-0.39, 0.29) is 29.1 Å². The summed E-state index contributed by atoms with van der Waals surface area (Å²) in [6.45, 7) is 1.45. The molecule has 0 saturated carbocycles. The van der Waals surface area contributed by atoms with E-state index >= 15 is 0 Å². The van der Waals surface area contributed by atoms with Gasteiger partial charge in [0.15, 0.2) is 11.4 Å². The molecule has 0 aliphatic carbocycles. The maximum absolute atomic E-state index is 13.4. The molecule has 170 valence electrons. The van der Waals surface area contributed by atoms with Crippen molar-refractivity contribution in [1.82, 2.24) is 14.7 Å². The third kappa shape index (κ3) is 4.97. The molecule has 2 aromatic heterocycles. The molecule has 1 aliphatic heterocycles. The van der Waals surface area contributed by atoms with E-state index in [1.165, 1.54) is 41.5 Å². The summed E-state index contributed by atoms with van der Waals surface area (Å²) >= 11 is 1.54. The number of amides is 1. The van der Waals surface area contributed by atoms with E-state index in [0.29, 0.717) is 19.7 Å². The summed E-state index contributed by atoms with van der Waals surface area (Å²) in [5, 5.41) is 6.23. The van der Waals surface area contributed by atoms with Crippen molar-refractivity contribution < 1.29 is 27.4 Å². The van der Waals surface area contributed by atoms with Gasteiger partial charge in [0.05, 0.1) is 37.2 Å². The number of alkyl halides is 3. The molecule has 32 heavy (non-hydrogen) atoms. The normalized spacial score (nSPS) is 16.3. The fourth-order valence-electron chi connectivity index (χ4n) is 3.61. The molecule has 1 fully saturated rings. The highest BCUT2D eigenvalue weighted by Gasteiger charge is 2.31. The predicted octanol–water partition coefficient (Wildman–Crippen LogP) is 4.78. The molecule has 0 N–H and O–H groups in total. The molecule has 1 atom stereocenters. The molecular weight excluding hydrogens is 443 g/mol. The van der Waals surface area contributed by atoms with E-state index in [9.17, 15) is 18.0 Å². The van der Waals surface area contributed by atoms with Gasteiger partial charge in [-0.1, -0.05) is 12.1 Å². The zero-order valence-electron chi connectivity index (χ0n) is 17.3. The predicted molar refractivity (Wildman–Crippen MR) is 113 cm³/mol. The molecule has 1 amide bonds. The van der Waals surface area contributed by atoms with E-state index in [1.54, 1.807) is 4.90 Å². The van der Waals surface area contributed by atoms with Crippen LogP contribution in [0.5, 0.6) is 5.75 Å². The van der Waals surface area contributed by atoms with Crippen molar-refractivity contribution in [2.75, 3.05) is 20.3 Å². The summed E-state index contributed by atoms with van der Waals surface area (Å²) in [6.07, 6.45) is -1.32. The molecule has 1 unspecified atom stereocenters. The lowest BCUT2D eigenvalue weighted by molar-refractivity contribution is -0.137. The van der Waals surface area contributed by atoms with E-state index < -0.39 is 11.7 Å². The molecule has 4 rings (SSSR count). The molecular formula is C22H22F3N3O3S. The Labute approximate surface area is 187 Å². The molecule has 0 radical (unpaired) electrons. The minimum absolute atomic E-state index is 0.0412. The Kier molecular flexibility index (Phi) is 6.52. The number of aromatic nitrogens is 2.